The molecule has 1 atom stereocenters. The van der Waals surface area contributed by atoms with E-state index in [1.54, 1.807) is 9.80 Å². The maximum absolute atomic E-state index is 12.4. The fourth-order valence-electron chi connectivity index (χ4n) is 3.39. The van der Waals surface area contributed by atoms with E-state index in [-0.39, 0.29) is 30.2 Å². The Hall–Kier alpha value is -2.35. The van der Waals surface area contributed by atoms with E-state index in [1.165, 1.54) is 0 Å². The zero-order valence-corrected chi connectivity index (χ0v) is 13.1. The predicted molar refractivity (Wildman–Crippen MR) is 85.3 cm³/mol. The molecule has 2 aliphatic rings. The summed E-state index contributed by atoms with van der Waals surface area (Å²) in [6, 6.07) is 12.3. The molecule has 2 heterocycles. The normalized spacial score (nSPS) is 22.2. The van der Waals surface area contributed by atoms with Crippen LogP contribution in [-0.2, 0) is 9.59 Å². The van der Waals surface area contributed by atoms with E-state index in [9.17, 15) is 9.59 Å². The van der Waals surface area contributed by atoms with Gasteiger partial charge in [0.2, 0.25) is 11.8 Å². The van der Waals surface area contributed by atoms with Crippen molar-refractivity contribution in [2.24, 2.45) is 5.92 Å². The lowest BCUT2D eigenvalue weighted by Gasteiger charge is -2.30. The van der Waals surface area contributed by atoms with Gasteiger partial charge >= 0.3 is 0 Å². The molecule has 0 unspecified atom stereocenters. The van der Waals surface area contributed by atoms with Crippen molar-refractivity contribution in [3.63, 3.8) is 0 Å². The van der Waals surface area contributed by atoms with Crippen LogP contribution in [0.1, 0.15) is 30.7 Å². The van der Waals surface area contributed by atoms with Crippen molar-refractivity contribution in [2.75, 3.05) is 26.2 Å². The molecule has 2 fully saturated rings. The Labute approximate surface area is 136 Å². The number of likely N-dealkylation sites (tertiary alicyclic amines) is 2. The number of amides is 2. The lowest BCUT2D eigenvalue weighted by molar-refractivity contribution is -0.139. The van der Waals surface area contributed by atoms with Gasteiger partial charge in [-0.2, -0.15) is 5.26 Å². The number of nitriles is 1. The summed E-state index contributed by atoms with van der Waals surface area (Å²) >= 11 is 0. The molecular weight excluding hydrogens is 290 g/mol. The highest BCUT2D eigenvalue weighted by molar-refractivity contribution is 5.86. The molecule has 0 saturated carbocycles. The van der Waals surface area contributed by atoms with E-state index in [2.05, 4.69) is 6.07 Å². The van der Waals surface area contributed by atoms with E-state index in [0.29, 0.717) is 26.1 Å². The second-order valence-electron chi connectivity index (χ2n) is 6.37. The number of hydrogen-bond acceptors (Lipinski definition) is 3. The second kappa shape index (κ2) is 6.82. The maximum Gasteiger partial charge on any atom is 0.242 e. The fraction of sp³-hybridized carbons (Fsp3) is 0.500. The van der Waals surface area contributed by atoms with Gasteiger partial charge in [0.15, 0.2) is 0 Å². The Balaban J connectivity index is 1.55. The van der Waals surface area contributed by atoms with Crippen LogP contribution in [-0.4, -0.2) is 47.8 Å². The number of nitrogens with zero attached hydrogens (tertiary/aromatic N) is 3. The van der Waals surface area contributed by atoms with Crippen LogP contribution in [0.4, 0.5) is 0 Å². The van der Waals surface area contributed by atoms with Gasteiger partial charge in [-0.1, -0.05) is 30.3 Å². The number of hydrogen-bond donors (Lipinski definition) is 0. The van der Waals surface area contributed by atoms with E-state index >= 15 is 0 Å². The first kappa shape index (κ1) is 15.5. The number of carbonyl (C=O) groups excluding carboxylic acids is 2. The average Bonchev–Trinajstić information content (AvgIpc) is 2.96. The molecule has 5 nitrogen and oxygen atoms in total. The highest BCUT2D eigenvalue weighted by atomic mass is 16.2. The van der Waals surface area contributed by atoms with Gasteiger partial charge in [-0.15, -0.1) is 0 Å². The molecular formula is C18H21N3O2. The molecule has 5 heteroatoms. The van der Waals surface area contributed by atoms with Crippen LogP contribution in [0.15, 0.2) is 30.3 Å². The van der Waals surface area contributed by atoms with Gasteiger partial charge in [-0.05, 0) is 18.4 Å². The Morgan fingerprint density at radius 3 is 2.57 bits per heavy atom. The Kier molecular flexibility index (Phi) is 4.61. The van der Waals surface area contributed by atoms with Crippen LogP contribution >= 0.6 is 0 Å². The molecule has 2 aliphatic heterocycles. The van der Waals surface area contributed by atoms with Gasteiger partial charge < -0.3 is 9.80 Å². The molecule has 0 bridgehead atoms. The molecule has 0 aromatic heterocycles. The summed E-state index contributed by atoms with van der Waals surface area (Å²) in [5.74, 6) is 0.304. The molecule has 1 aromatic rings. The molecule has 1 aromatic carbocycles. The molecule has 0 N–H and O–H groups in total. The zero-order valence-electron chi connectivity index (χ0n) is 13.1. The molecule has 120 valence electrons. The smallest absolute Gasteiger partial charge is 0.242 e. The average molecular weight is 311 g/mol. The van der Waals surface area contributed by atoms with Gasteiger partial charge in [-0.3, -0.25) is 9.59 Å². The van der Waals surface area contributed by atoms with Crippen LogP contribution in [0.25, 0.3) is 0 Å². The summed E-state index contributed by atoms with van der Waals surface area (Å²) in [4.78, 5) is 28.0. The number of carbonyl (C=O) groups is 2. The van der Waals surface area contributed by atoms with Crippen molar-refractivity contribution in [1.29, 1.82) is 5.26 Å². The summed E-state index contributed by atoms with van der Waals surface area (Å²) in [7, 11) is 0. The third-order valence-corrected chi connectivity index (χ3v) is 4.84. The van der Waals surface area contributed by atoms with Crippen LogP contribution in [0.2, 0.25) is 0 Å². The minimum atomic E-state index is 0.00320. The summed E-state index contributed by atoms with van der Waals surface area (Å²) in [6.45, 7) is 2.03. The minimum Gasteiger partial charge on any atom is -0.341 e. The summed E-state index contributed by atoms with van der Waals surface area (Å²) in [5, 5.41) is 8.91. The van der Waals surface area contributed by atoms with Gasteiger partial charge in [0.1, 0.15) is 0 Å². The van der Waals surface area contributed by atoms with E-state index < -0.39 is 0 Å². The van der Waals surface area contributed by atoms with Crippen LogP contribution in [0.5, 0.6) is 0 Å². The Bertz CT molecular complexity index is 615. The highest BCUT2D eigenvalue weighted by Crippen LogP contribution is 2.28. The largest absolute Gasteiger partial charge is 0.341 e. The van der Waals surface area contributed by atoms with Crippen molar-refractivity contribution in [1.82, 2.24) is 9.80 Å². The molecule has 0 aliphatic carbocycles. The molecule has 2 amide bonds. The zero-order chi connectivity index (χ0) is 16.2. The van der Waals surface area contributed by atoms with E-state index in [1.807, 2.05) is 30.3 Å². The first-order valence-electron chi connectivity index (χ1n) is 8.17. The quantitative estimate of drug-likeness (QED) is 0.854. The topological polar surface area (TPSA) is 64.4 Å². The van der Waals surface area contributed by atoms with E-state index in [4.69, 9.17) is 5.26 Å². The monoisotopic (exact) mass is 311 g/mol. The van der Waals surface area contributed by atoms with Gasteiger partial charge in [0.25, 0.3) is 0 Å². The summed E-state index contributed by atoms with van der Waals surface area (Å²) in [6.07, 6.45) is 1.96. The standard InChI is InChI=1S/C18H21N3O2/c19-11-14-6-8-20(9-7-14)18(23)13-21-12-16(10-17(21)22)15-4-2-1-3-5-15/h1-5,14,16H,6-10,12-13H2/t16-/m0/s1. The summed E-state index contributed by atoms with van der Waals surface area (Å²) < 4.78 is 0. The van der Waals surface area contributed by atoms with Crippen LogP contribution < -0.4 is 0 Å². The van der Waals surface area contributed by atoms with Gasteiger partial charge in [0, 0.05) is 37.9 Å². The predicted octanol–water partition coefficient (Wildman–Crippen LogP) is 1.76. The highest BCUT2D eigenvalue weighted by Gasteiger charge is 2.33. The van der Waals surface area contributed by atoms with Crippen molar-refractivity contribution in [3.05, 3.63) is 35.9 Å². The Morgan fingerprint density at radius 2 is 1.91 bits per heavy atom. The number of rotatable bonds is 3. The Morgan fingerprint density at radius 1 is 1.22 bits per heavy atom. The maximum atomic E-state index is 12.4. The first-order chi connectivity index (χ1) is 11.2. The molecule has 0 radical (unpaired) electrons. The van der Waals surface area contributed by atoms with Gasteiger partial charge in [-0.25, -0.2) is 0 Å². The third kappa shape index (κ3) is 3.53. The minimum absolute atomic E-state index is 0.00320. The van der Waals surface area contributed by atoms with Crippen LogP contribution in [0, 0.1) is 17.2 Å². The van der Waals surface area contributed by atoms with E-state index in [0.717, 1.165) is 18.4 Å². The second-order valence-corrected chi connectivity index (χ2v) is 6.37. The summed E-state index contributed by atoms with van der Waals surface area (Å²) in [5.41, 5.74) is 1.16. The number of benzene rings is 1. The van der Waals surface area contributed by atoms with Crippen molar-refractivity contribution >= 4 is 11.8 Å². The van der Waals surface area contributed by atoms with Crippen molar-refractivity contribution < 1.29 is 9.59 Å². The number of piperidine rings is 1. The molecule has 3 rings (SSSR count). The lowest BCUT2D eigenvalue weighted by Crippen LogP contribution is -2.44. The molecule has 2 saturated heterocycles. The fourth-order valence-corrected chi connectivity index (χ4v) is 3.39. The molecule has 0 spiro atoms. The van der Waals surface area contributed by atoms with Crippen molar-refractivity contribution in [3.8, 4) is 6.07 Å². The third-order valence-electron chi connectivity index (χ3n) is 4.84. The molecule has 23 heavy (non-hydrogen) atoms. The lowest BCUT2D eigenvalue weighted by atomic mass is 9.98. The van der Waals surface area contributed by atoms with Crippen LogP contribution in [0.3, 0.4) is 0 Å². The first-order valence-corrected chi connectivity index (χ1v) is 8.17. The SMILES string of the molecule is N#CC1CCN(C(=O)CN2C[C@@H](c3ccccc3)CC2=O)CC1. The van der Waals surface area contributed by atoms with Gasteiger partial charge in [0.05, 0.1) is 12.6 Å². The van der Waals surface area contributed by atoms with Crippen molar-refractivity contribution in [2.45, 2.75) is 25.2 Å².